The highest BCUT2D eigenvalue weighted by Gasteiger charge is 2.18. The molecule has 3 aromatic carbocycles. The van der Waals surface area contributed by atoms with Crippen LogP contribution in [0.5, 0.6) is 11.5 Å². The zero-order valence-electron chi connectivity index (χ0n) is 18.6. The molecule has 0 fully saturated rings. The van der Waals surface area contributed by atoms with Crippen LogP contribution in [-0.2, 0) is 11.4 Å². The quantitative estimate of drug-likeness (QED) is 0.165. The lowest BCUT2D eigenvalue weighted by molar-refractivity contribution is -0.131. The molecule has 11 heteroatoms. The minimum absolute atomic E-state index is 0.0267. The number of aliphatic carboxylic acids is 1. The van der Waals surface area contributed by atoms with E-state index < -0.39 is 5.97 Å². The van der Waals surface area contributed by atoms with Gasteiger partial charge in [-0.15, -0.1) is 10.2 Å². The lowest BCUT2D eigenvalue weighted by atomic mass is 10.2. The molecule has 4 aromatic rings. The van der Waals surface area contributed by atoms with Crippen molar-refractivity contribution in [2.45, 2.75) is 11.8 Å². The topological polar surface area (TPSA) is 94.7 Å². The van der Waals surface area contributed by atoms with E-state index in [1.54, 1.807) is 60.7 Å². The minimum Gasteiger partial charge on any atom is -0.496 e. The number of hydrogen-bond acceptors (Lipinski definition) is 7. The summed E-state index contributed by atoms with van der Waals surface area (Å²) in [6, 6.07) is 17.1. The van der Waals surface area contributed by atoms with Gasteiger partial charge in [0.25, 0.3) is 11.1 Å². The van der Waals surface area contributed by atoms with Gasteiger partial charge in [0.05, 0.1) is 12.7 Å². The number of carboxylic acids is 1. The molecule has 0 spiro atoms. The summed E-state index contributed by atoms with van der Waals surface area (Å²) in [5.41, 5.74) is 1.87. The number of methoxy groups -OCH3 is 1. The molecule has 4 rings (SSSR count). The molecule has 0 bridgehead atoms. The summed E-state index contributed by atoms with van der Waals surface area (Å²) < 4.78 is 16.8. The van der Waals surface area contributed by atoms with E-state index in [1.165, 1.54) is 13.2 Å². The predicted molar refractivity (Wildman–Crippen MR) is 140 cm³/mol. The Morgan fingerprint density at radius 3 is 2.58 bits per heavy atom. The number of nitrogens with zero attached hydrogens (tertiary/aromatic N) is 2. The van der Waals surface area contributed by atoms with Gasteiger partial charge in [-0.25, -0.2) is 4.79 Å². The molecule has 36 heavy (non-hydrogen) atoms. The fraction of sp³-hybridized carbons (Fsp3) is 0.0800. The molecule has 1 heterocycles. The number of aromatic nitrogens is 2. The molecule has 0 amide bonds. The van der Waals surface area contributed by atoms with E-state index in [9.17, 15) is 9.90 Å². The Hall–Kier alpha value is -3.17. The van der Waals surface area contributed by atoms with Gasteiger partial charge in [-0.2, -0.15) is 0 Å². The fourth-order valence-electron chi connectivity index (χ4n) is 3.08. The lowest BCUT2D eigenvalue weighted by Gasteiger charge is -2.09. The number of ether oxygens (including phenoxy) is 2. The van der Waals surface area contributed by atoms with Crippen molar-refractivity contribution < 1.29 is 23.8 Å². The maximum atomic E-state index is 11.9. The molecule has 0 radical (unpaired) electrons. The van der Waals surface area contributed by atoms with Crippen LogP contribution in [0, 0.1) is 0 Å². The summed E-state index contributed by atoms with van der Waals surface area (Å²) in [5.74, 6) is 0.0279. The Morgan fingerprint density at radius 1 is 1.06 bits per heavy atom. The van der Waals surface area contributed by atoms with Crippen molar-refractivity contribution >= 4 is 58.6 Å². The van der Waals surface area contributed by atoms with E-state index in [0.717, 1.165) is 17.3 Å². The highest BCUT2D eigenvalue weighted by atomic mass is 35.5. The van der Waals surface area contributed by atoms with Gasteiger partial charge in [-0.3, -0.25) is 0 Å². The van der Waals surface area contributed by atoms with Crippen LogP contribution in [-0.4, -0.2) is 28.4 Å². The lowest BCUT2D eigenvalue weighted by Crippen LogP contribution is -1.98. The number of halogens is 3. The first-order chi connectivity index (χ1) is 17.3. The van der Waals surface area contributed by atoms with Crippen LogP contribution in [0.15, 0.2) is 75.2 Å². The number of carboxylic acid groups (broad SMARTS) is 1. The third kappa shape index (κ3) is 6.53. The molecule has 7 nitrogen and oxygen atoms in total. The molecule has 0 atom stereocenters. The van der Waals surface area contributed by atoms with E-state index in [2.05, 4.69) is 10.2 Å². The highest BCUT2D eigenvalue weighted by molar-refractivity contribution is 8.03. The molecular weight excluding hydrogens is 547 g/mol. The van der Waals surface area contributed by atoms with Crippen LogP contribution in [0.4, 0.5) is 0 Å². The second-order valence-corrected chi connectivity index (χ2v) is 9.50. The molecule has 0 aliphatic carbocycles. The Bertz CT molecular complexity index is 1440. The number of thioether (sulfide) groups is 1. The van der Waals surface area contributed by atoms with Crippen LogP contribution in [0.2, 0.25) is 15.1 Å². The second kappa shape index (κ2) is 11.7. The van der Waals surface area contributed by atoms with Crippen molar-refractivity contribution in [3.8, 4) is 23.0 Å². The summed E-state index contributed by atoms with van der Waals surface area (Å²) in [7, 11) is 1.51. The predicted octanol–water partition coefficient (Wildman–Crippen LogP) is 7.50. The normalized spacial score (nSPS) is 11.4. The van der Waals surface area contributed by atoms with Gasteiger partial charge >= 0.3 is 5.97 Å². The fourth-order valence-corrected chi connectivity index (χ4v) is 4.39. The molecular formula is C25H17Cl3N2O5S. The first-order valence-electron chi connectivity index (χ1n) is 10.3. The second-order valence-electron chi connectivity index (χ2n) is 7.23. The monoisotopic (exact) mass is 562 g/mol. The molecule has 1 aromatic heterocycles. The van der Waals surface area contributed by atoms with Crippen molar-refractivity contribution in [2.24, 2.45) is 0 Å². The van der Waals surface area contributed by atoms with Gasteiger partial charge < -0.3 is 19.0 Å². The molecule has 0 unspecified atom stereocenters. The van der Waals surface area contributed by atoms with E-state index in [4.69, 9.17) is 48.7 Å². The Kier molecular flexibility index (Phi) is 8.43. The Labute approximate surface area is 225 Å². The summed E-state index contributed by atoms with van der Waals surface area (Å²) in [5, 5.41) is 19.2. The molecule has 184 valence electrons. The first kappa shape index (κ1) is 25.9. The molecule has 0 aliphatic heterocycles. The molecule has 1 N–H and O–H groups in total. The molecule has 0 aliphatic rings. The average Bonchev–Trinajstić information content (AvgIpc) is 3.32. The zero-order chi connectivity index (χ0) is 25.7. The number of hydrogen-bond donors (Lipinski definition) is 1. The smallest absolute Gasteiger partial charge is 0.342 e. The Morgan fingerprint density at radius 2 is 1.83 bits per heavy atom. The maximum Gasteiger partial charge on any atom is 0.342 e. The number of carbonyl (C=O) groups is 1. The molecule has 0 saturated carbocycles. The zero-order valence-corrected chi connectivity index (χ0v) is 21.7. The van der Waals surface area contributed by atoms with Crippen LogP contribution >= 0.6 is 46.6 Å². The van der Waals surface area contributed by atoms with Gasteiger partial charge in [0, 0.05) is 20.6 Å². The minimum atomic E-state index is -1.15. The van der Waals surface area contributed by atoms with E-state index >= 15 is 0 Å². The number of rotatable bonds is 9. The van der Waals surface area contributed by atoms with Crippen molar-refractivity contribution in [3.05, 3.63) is 91.8 Å². The third-order valence-corrected chi connectivity index (χ3v) is 6.45. The van der Waals surface area contributed by atoms with E-state index in [1.807, 2.05) is 0 Å². The molecule has 0 saturated heterocycles. The van der Waals surface area contributed by atoms with Crippen LogP contribution in [0.3, 0.4) is 0 Å². The van der Waals surface area contributed by atoms with Gasteiger partial charge in [0.2, 0.25) is 0 Å². The van der Waals surface area contributed by atoms with Crippen molar-refractivity contribution in [2.75, 3.05) is 7.11 Å². The third-order valence-electron chi connectivity index (χ3n) is 4.77. The van der Waals surface area contributed by atoms with E-state index in [-0.39, 0.29) is 22.6 Å². The summed E-state index contributed by atoms with van der Waals surface area (Å²) in [6.45, 7) is 0.224. The van der Waals surface area contributed by atoms with E-state index in [0.29, 0.717) is 37.7 Å². The summed E-state index contributed by atoms with van der Waals surface area (Å²) >= 11 is 19.0. The van der Waals surface area contributed by atoms with Crippen molar-refractivity contribution in [1.82, 2.24) is 10.2 Å². The van der Waals surface area contributed by atoms with Crippen LogP contribution < -0.4 is 9.47 Å². The van der Waals surface area contributed by atoms with Gasteiger partial charge in [-0.05, 0) is 65.9 Å². The summed E-state index contributed by atoms with van der Waals surface area (Å²) in [4.78, 5) is 11.9. The van der Waals surface area contributed by atoms with Gasteiger partial charge in [0.15, 0.2) is 0 Å². The Balaban J connectivity index is 1.51. The highest BCUT2D eigenvalue weighted by Crippen LogP contribution is 2.35. The largest absolute Gasteiger partial charge is 0.496 e. The van der Waals surface area contributed by atoms with Crippen LogP contribution in [0.25, 0.3) is 17.5 Å². The standard InChI is InChI=1S/C25H17Cl3N2O5S/c1-33-21-8-7-16(26)11-19(21)23-29-30-25(35-23)36-22(24(31)32)10-14-3-2-4-18(9-14)34-13-15-5-6-17(27)12-20(15)28/h2-12H,13H2,1H3,(H,31,32)/b22-10-. The number of benzene rings is 3. The van der Waals surface area contributed by atoms with Gasteiger partial charge in [0.1, 0.15) is 23.0 Å². The van der Waals surface area contributed by atoms with Crippen LogP contribution in [0.1, 0.15) is 11.1 Å². The maximum absolute atomic E-state index is 11.9. The van der Waals surface area contributed by atoms with Crippen molar-refractivity contribution in [1.29, 1.82) is 0 Å². The van der Waals surface area contributed by atoms with Crippen molar-refractivity contribution in [3.63, 3.8) is 0 Å². The summed E-state index contributed by atoms with van der Waals surface area (Å²) in [6.07, 6.45) is 1.49. The average molecular weight is 564 g/mol. The van der Waals surface area contributed by atoms with Gasteiger partial charge in [-0.1, -0.05) is 53.0 Å². The SMILES string of the molecule is COc1ccc(Cl)cc1-c1nnc(S/C(=C\c2cccc(OCc3ccc(Cl)cc3Cl)c2)C(=O)O)o1. The first-order valence-corrected chi connectivity index (χ1v) is 12.2.